The summed E-state index contributed by atoms with van der Waals surface area (Å²) in [6.07, 6.45) is 1.64. The van der Waals surface area contributed by atoms with E-state index in [2.05, 4.69) is 9.97 Å². The van der Waals surface area contributed by atoms with Crippen LogP contribution in [0.1, 0.15) is 16.1 Å². The Balaban J connectivity index is 2.39. The summed E-state index contributed by atoms with van der Waals surface area (Å²) >= 11 is 1.19. The molecule has 1 aromatic heterocycles. The average molecular weight is 261 g/mol. The number of nitrogens with two attached hydrogens (primary N) is 1. The zero-order valence-corrected chi connectivity index (χ0v) is 10.4. The van der Waals surface area contributed by atoms with E-state index in [4.69, 9.17) is 10.8 Å². The zero-order chi connectivity index (χ0) is 13.1. The molecule has 0 amide bonds. The van der Waals surface area contributed by atoms with Crippen molar-refractivity contribution in [2.45, 2.75) is 17.0 Å². The van der Waals surface area contributed by atoms with E-state index in [1.807, 2.05) is 6.92 Å². The molecule has 92 valence electrons. The molecule has 0 atom stereocenters. The Labute approximate surface area is 108 Å². The van der Waals surface area contributed by atoms with Crippen molar-refractivity contribution in [2.24, 2.45) is 0 Å². The lowest BCUT2D eigenvalue weighted by atomic mass is 10.2. The lowest BCUT2D eigenvalue weighted by molar-refractivity contribution is 0.0693. The molecule has 0 bridgehead atoms. The van der Waals surface area contributed by atoms with Gasteiger partial charge in [0, 0.05) is 22.5 Å². The Kier molecular flexibility index (Phi) is 3.47. The zero-order valence-electron chi connectivity index (χ0n) is 9.62. The summed E-state index contributed by atoms with van der Waals surface area (Å²) < 4.78 is 0. The van der Waals surface area contributed by atoms with Crippen LogP contribution in [-0.2, 0) is 0 Å². The van der Waals surface area contributed by atoms with Gasteiger partial charge in [-0.1, -0.05) is 0 Å². The highest BCUT2D eigenvalue weighted by Gasteiger charge is 2.12. The molecule has 0 spiro atoms. The summed E-state index contributed by atoms with van der Waals surface area (Å²) in [7, 11) is 0. The predicted molar refractivity (Wildman–Crippen MR) is 68.7 cm³/mol. The van der Waals surface area contributed by atoms with Crippen LogP contribution < -0.4 is 5.73 Å². The maximum Gasteiger partial charge on any atom is 0.336 e. The molecule has 0 radical (unpaired) electrons. The highest BCUT2D eigenvalue weighted by molar-refractivity contribution is 7.99. The van der Waals surface area contributed by atoms with Gasteiger partial charge in [0.1, 0.15) is 0 Å². The molecule has 0 saturated heterocycles. The fourth-order valence-corrected chi connectivity index (χ4v) is 2.33. The van der Waals surface area contributed by atoms with Crippen molar-refractivity contribution in [3.05, 3.63) is 41.7 Å². The molecule has 6 heteroatoms. The Bertz CT molecular complexity index is 602. The van der Waals surface area contributed by atoms with E-state index in [1.165, 1.54) is 17.8 Å². The maximum atomic E-state index is 11.1. The Morgan fingerprint density at radius 2 is 2.17 bits per heavy atom. The Morgan fingerprint density at radius 1 is 1.39 bits per heavy atom. The third-order valence-electron chi connectivity index (χ3n) is 2.21. The standard InChI is InChI=1S/C12H11N3O2S/c1-7-4-5-14-12(15-7)18-10-6-8(13)2-3-9(10)11(16)17/h2-6H,13H2,1H3,(H,16,17). The number of anilines is 1. The summed E-state index contributed by atoms with van der Waals surface area (Å²) in [5, 5.41) is 9.60. The average Bonchev–Trinajstić information content (AvgIpc) is 2.28. The number of hydrogen-bond donors (Lipinski definition) is 2. The van der Waals surface area contributed by atoms with Gasteiger partial charge in [-0.05, 0) is 43.0 Å². The molecule has 0 fully saturated rings. The van der Waals surface area contributed by atoms with E-state index in [1.54, 1.807) is 24.4 Å². The molecule has 3 N–H and O–H groups in total. The van der Waals surface area contributed by atoms with Crippen LogP contribution in [0.25, 0.3) is 0 Å². The van der Waals surface area contributed by atoms with Gasteiger partial charge < -0.3 is 10.8 Å². The van der Waals surface area contributed by atoms with Crippen LogP contribution in [0.3, 0.4) is 0 Å². The topological polar surface area (TPSA) is 89.1 Å². The number of aryl methyl sites for hydroxylation is 1. The van der Waals surface area contributed by atoms with Gasteiger partial charge in [0.25, 0.3) is 0 Å². The van der Waals surface area contributed by atoms with Crippen molar-refractivity contribution in [2.75, 3.05) is 5.73 Å². The minimum atomic E-state index is -0.995. The normalized spacial score (nSPS) is 10.3. The molecule has 1 heterocycles. The Morgan fingerprint density at radius 3 is 2.83 bits per heavy atom. The van der Waals surface area contributed by atoms with E-state index >= 15 is 0 Å². The van der Waals surface area contributed by atoms with E-state index in [9.17, 15) is 4.79 Å². The first-order chi connectivity index (χ1) is 8.56. The third-order valence-corrected chi connectivity index (χ3v) is 3.15. The first-order valence-corrected chi connectivity index (χ1v) is 5.98. The number of nitrogens with zero attached hydrogens (tertiary/aromatic N) is 2. The largest absolute Gasteiger partial charge is 0.478 e. The summed E-state index contributed by atoms with van der Waals surface area (Å²) in [6.45, 7) is 1.85. The number of benzene rings is 1. The molecule has 2 aromatic rings. The van der Waals surface area contributed by atoms with E-state index in [0.717, 1.165) is 5.69 Å². The van der Waals surface area contributed by atoms with Crippen molar-refractivity contribution in [1.29, 1.82) is 0 Å². The minimum absolute atomic E-state index is 0.194. The number of hydrogen-bond acceptors (Lipinski definition) is 5. The second-order valence-electron chi connectivity index (χ2n) is 3.64. The first kappa shape index (κ1) is 12.4. The van der Waals surface area contributed by atoms with Gasteiger partial charge in [0.05, 0.1) is 5.56 Å². The second-order valence-corrected chi connectivity index (χ2v) is 4.65. The second kappa shape index (κ2) is 5.05. The highest BCUT2D eigenvalue weighted by atomic mass is 32.2. The van der Waals surface area contributed by atoms with Gasteiger partial charge in [-0.2, -0.15) is 0 Å². The van der Waals surface area contributed by atoms with Crippen LogP contribution >= 0.6 is 11.8 Å². The number of aromatic nitrogens is 2. The van der Waals surface area contributed by atoms with E-state index in [0.29, 0.717) is 15.7 Å². The van der Waals surface area contributed by atoms with Crippen LogP contribution in [0.2, 0.25) is 0 Å². The fraction of sp³-hybridized carbons (Fsp3) is 0.0833. The molecular weight excluding hydrogens is 250 g/mol. The smallest absolute Gasteiger partial charge is 0.336 e. The summed E-state index contributed by atoms with van der Waals surface area (Å²) in [6, 6.07) is 6.43. The molecule has 0 saturated carbocycles. The highest BCUT2D eigenvalue weighted by Crippen LogP contribution is 2.29. The minimum Gasteiger partial charge on any atom is -0.478 e. The van der Waals surface area contributed by atoms with Crippen LogP contribution in [0, 0.1) is 6.92 Å². The van der Waals surface area contributed by atoms with Gasteiger partial charge in [0.15, 0.2) is 5.16 Å². The molecule has 0 aliphatic rings. The monoisotopic (exact) mass is 261 g/mol. The molecule has 1 aromatic carbocycles. The van der Waals surface area contributed by atoms with Gasteiger partial charge in [-0.15, -0.1) is 0 Å². The summed E-state index contributed by atoms with van der Waals surface area (Å²) in [5.41, 5.74) is 7.19. The summed E-state index contributed by atoms with van der Waals surface area (Å²) in [5.74, 6) is -0.995. The van der Waals surface area contributed by atoms with Gasteiger partial charge in [0.2, 0.25) is 0 Å². The van der Waals surface area contributed by atoms with E-state index in [-0.39, 0.29) is 5.56 Å². The van der Waals surface area contributed by atoms with Gasteiger partial charge in [-0.25, -0.2) is 14.8 Å². The van der Waals surface area contributed by atoms with Crippen molar-refractivity contribution >= 4 is 23.4 Å². The van der Waals surface area contributed by atoms with Crippen LogP contribution in [0.4, 0.5) is 5.69 Å². The number of carbonyl (C=O) groups is 1. The quantitative estimate of drug-likeness (QED) is 0.650. The van der Waals surface area contributed by atoms with E-state index < -0.39 is 5.97 Å². The van der Waals surface area contributed by atoms with Crippen molar-refractivity contribution in [3.8, 4) is 0 Å². The third kappa shape index (κ3) is 2.78. The molecule has 0 aliphatic heterocycles. The molecule has 5 nitrogen and oxygen atoms in total. The molecule has 2 rings (SSSR count). The number of nitrogen functional groups attached to an aromatic ring is 1. The molecule has 0 unspecified atom stereocenters. The maximum absolute atomic E-state index is 11.1. The lowest BCUT2D eigenvalue weighted by Gasteiger charge is -2.06. The first-order valence-electron chi connectivity index (χ1n) is 5.16. The van der Waals surface area contributed by atoms with Crippen molar-refractivity contribution in [1.82, 2.24) is 9.97 Å². The number of rotatable bonds is 3. The number of carboxylic acid groups (broad SMARTS) is 1. The number of aromatic carboxylic acids is 1. The molecule has 18 heavy (non-hydrogen) atoms. The molecule has 0 aliphatic carbocycles. The van der Waals surface area contributed by atoms with Gasteiger partial charge >= 0.3 is 5.97 Å². The van der Waals surface area contributed by atoms with Gasteiger partial charge in [-0.3, -0.25) is 0 Å². The number of carboxylic acids is 1. The SMILES string of the molecule is Cc1ccnc(Sc2cc(N)ccc2C(=O)O)n1. The van der Waals surface area contributed by atoms with Crippen molar-refractivity contribution in [3.63, 3.8) is 0 Å². The predicted octanol–water partition coefficient (Wildman–Crippen LogP) is 2.22. The Hall–Kier alpha value is -2.08. The molecular formula is C12H11N3O2S. The van der Waals surface area contributed by atoms with Crippen LogP contribution in [0.15, 0.2) is 40.5 Å². The fourth-order valence-electron chi connectivity index (χ4n) is 1.37. The van der Waals surface area contributed by atoms with Crippen LogP contribution in [0.5, 0.6) is 0 Å². The summed E-state index contributed by atoms with van der Waals surface area (Å²) in [4.78, 5) is 19.9. The lowest BCUT2D eigenvalue weighted by Crippen LogP contribution is -2.00. The van der Waals surface area contributed by atoms with Crippen LogP contribution in [-0.4, -0.2) is 21.0 Å². The van der Waals surface area contributed by atoms with Crippen molar-refractivity contribution < 1.29 is 9.90 Å².